The van der Waals surface area contributed by atoms with E-state index in [4.69, 9.17) is 10.00 Å². The van der Waals surface area contributed by atoms with Crippen molar-refractivity contribution < 1.29 is 14.3 Å². The van der Waals surface area contributed by atoms with Crippen LogP contribution in [0, 0.1) is 25.2 Å². The van der Waals surface area contributed by atoms with Crippen LogP contribution in [0.5, 0.6) is 0 Å². The summed E-state index contributed by atoms with van der Waals surface area (Å²) in [5, 5.41) is 10.8. The average molecular weight is 274 g/mol. The van der Waals surface area contributed by atoms with Gasteiger partial charge in [-0.15, -0.1) is 0 Å². The largest absolute Gasteiger partial charge is 0.464 e. The van der Waals surface area contributed by atoms with Crippen molar-refractivity contribution in [1.82, 2.24) is 5.32 Å². The van der Waals surface area contributed by atoms with E-state index in [-0.39, 0.29) is 19.1 Å². The minimum absolute atomic E-state index is 0.168. The molecular weight excluding hydrogens is 256 g/mol. The highest BCUT2D eigenvalue weighted by atomic mass is 16.5. The monoisotopic (exact) mass is 274 g/mol. The summed E-state index contributed by atoms with van der Waals surface area (Å²) >= 11 is 0. The summed E-state index contributed by atoms with van der Waals surface area (Å²) in [5.41, 5.74) is 2.52. The van der Waals surface area contributed by atoms with Crippen molar-refractivity contribution in [1.29, 1.82) is 5.26 Å². The van der Waals surface area contributed by atoms with Crippen LogP contribution in [0.4, 0.5) is 0 Å². The average Bonchev–Trinajstić information content (AvgIpc) is 2.40. The molecule has 0 aliphatic heterocycles. The topological polar surface area (TPSA) is 79.2 Å². The molecule has 1 amide bonds. The highest BCUT2D eigenvalue weighted by molar-refractivity contribution is 5.96. The van der Waals surface area contributed by atoms with Gasteiger partial charge in [0.2, 0.25) is 0 Å². The van der Waals surface area contributed by atoms with Crippen molar-refractivity contribution in [3.05, 3.63) is 34.9 Å². The lowest BCUT2D eigenvalue weighted by Crippen LogP contribution is -2.30. The van der Waals surface area contributed by atoms with Crippen LogP contribution in [0.3, 0.4) is 0 Å². The number of esters is 1. The lowest BCUT2D eigenvalue weighted by atomic mass is 10.1. The Kier molecular flexibility index (Phi) is 6.24. The number of carbonyl (C=O) groups is 2. The molecule has 0 unspecified atom stereocenters. The minimum Gasteiger partial charge on any atom is -0.464 e. The molecule has 20 heavy (non-hydrogen) atoms. The van der Waals surface area contributed by atoms with Gasteiger partial charge in [-0.3, -0.25) is 9.59 Å². The lowest BCUT2D eigenvalue weighted by molar-refractivity contribution is -0.142. The van der Waals surface area contributed by atoms with Crippen LogP contribution in [-0.2, 0) is 9.53 Å². The molecule has 1 aromatic rings. The van der Waals surface area contributed by atoms with Crippen molar-refractivity contribution in [2.45, 2.75) is 26.7 Å². The summed E-state index contributed by atoms with van der Waals surface area (Å²) in [7, 11) is 0. The van der Waals surface area contributed by atoms with Gasteiger partial charge >= 0.3 is 5.97 Å². The Morgan fingerprint density at radius 3 is 2.50 bits per heavy atom. The molecule has 0 saturated heterocycles. The Balaban J connectivity index is 2.39. The van der Waals surface area contributed by atoms with Crippen molar-refractivity contribution in [2.75, 3.05) is 13.2 Å². The van der Waals surface area contributed by atoms with E-state index >= 15 is 0 Å². The number of rotatable bonds is 6. The highest BCUT2D eigenvalue weighted by Gasteiger charge is 2.09. The number of nitrogens with zero attached hydrogens (tertiary/aromatic N) is 1. The molecule has 1 rings (SSSR count). The van der Waals surface area contributed by atoms with Gasteiger partial charge in [-0.05, 0) is 32.4 Å². The van der Waals surface area contributed by atoms with Gasteiger partial charge in [0, 0.05) is 12.0 Å². The number of benzene rings is 1. The number of hydrogen-bond donors (Lipinski definition) is 1. The van der Waals surface area contributed by atoms with Crippen LogP contribution >= 0.6 is 0 Å². The zero-order chi connectivity index (χ0) is 15.0. The molecule has 5 heteroatoms. The van der Waals surface area contributed by atoms with Gasteiger partial charge in [0.05, 0.1) is 12.7 Å². The number of ether oxygens (including phenoxy) is 1. The Morgan fingerprint density at radius 1 is 1.25 bits per heavy atom. The molecule has 1 N–H and O–H groups in total. The van der Waals surface area contributed by atoms with Crippen molar-refractivity contribution in [3.63, 3.8) is 0 Å². The van der Waals surface area contributed by atoms with Gasteiger partial charge in [-0.25, -0.2) is 0 Å². The number of amides is 1. The third-order valence-electron chi connectivity index (χ3n) is 2.57. The van der Waals surface area contributed by atoms with Crippen LogP contribution < -0.4 is 5.32 Å². The zero-order valence-electron chi connectivity index (χ0n) is 11.7. The van der Waals surface area contributed by atoms with Crippen LogP contribution in [0.2, 0.25) is 0 Å². The first kappa shape index (κ1) is 15.7. The van der Waals surface area contributed by atoms with Crippen LogP contribution in [0.1, 0.15) is 34.3 Å². The zero-order valence-corrected chi connectivity index (χ0v) is 11.7. The normalized spacial score (nSPS) is 9.65. The fourth-order valence-electron chi connectivity index (χ4n) is 1.75. The molecule has 0 aliphatic carbocycles. The van der Waals surface area contributed by atoms with E-state index in [1.807, 2.05) is 26.0 Å². The fourth-order valence-corrected chi connectivity index (χ4v) is 1.75. The molecular formula is C15H18N2O3. The summed E-state index contributed by atoms with van der Waals surface area (Å²) in [5.74, 6) is -0.800. The van der Waals surface area contributed by atoms with Crippen LogP contribution in [-0.4, -0.2) is 25.0 Å². The molecule has 5 nitrogen and oxygen atoms in total. The first-order valence-corrected chi connectivity index (χ1v) is 6.42. The summed E-state index contributed by atoms with van der Waals surface area (Å²) in [6.45, 7) is 3.85. The third kappa shape index (κ3) is 5.53. The second kappa shape index (κ2) is 7.95. The number of unbranched alkanes of at least 4 members (excludes halogenated alkanes) is 1. The quantitative estimate of drug-likeness (QED) is 0.634. The van der Waals surface area contributed by atoms with E-state index in [1.54, 1.807) is 12.1 Å². The molecule has 0 bridgehead atoms. The van der Waals surface area contributed by atoms with Crippen molar-refractivity contribution in [3.8, 4) is 6.07 Å². The van der Waals surface area contributed by atoms with E-state index in [0.717, 1.165) is 11.1 Å². The summed E-state index contributed by atoms with van der Waals surface area (Å²) in [4.78, 5) is 23.2. The second-order valence-electron chi connectivity index (χ2n) is 4.54. The number of aryl methyl sites for hydroxylation is 2. The molecule has 0 spiro atoms. The maximum absolute atomic E-state index is 11.9. The second-order valence-corrected chi connectivity index (χ2v) is 4.54. The Hall–Kier alpha value is -2.35. The Labute approximate surface area is 118 Å². The van der Waals surface area contributed by atoms with Gasteiger partial charge < -0.3 is 10.1 Å². The van der Waals surface area contributed by atoms with E-state index in [2.05, 4.69) is 5.32 Å². The fraction of sp³-hybridized carbons (Fsp3) is 0.400. The van der Waals surface area contributed by atoms with E-state index in [1.165, 1.54) is 0 Å². The number of hydrogen-bond acceptors (Lipinski definition) is 4. The molecule has 0 saturated carbocycles. The standard InChI is InChI=1S/C15H18N2O3/c1-11-7-12(2)9-13(8-11)15(19)17-10-14(18)20-6-4-3-5-16/h7-9H,3-4,6,10H2,1-2H3,(H,17,19). The first-order valence-electron chi connectivity index (χ1n) is 6.42. The van der Waals surface area contributed by atoms with E-state index in [9.17, 15) is 9.59 Å². The summed E-state index contributed by atoms with van der Waals surface area (Å²) in [6.07, 6.45) is 0.857. The Bertz CT molecular complexity index is 512. The van der Waals surface area contributed by atoms with Crippen LogP contribution in [0.25, 0.3) is 0 Å². The highest BCUT2D eigenvalue weighted by Crippen LogP contribution is 2.08. The van der Waals surface area contributed by atoms with Crippen LogP contribution in [0.15, 0.2) is 18.2 Å². The molecule has 0 aliphatic rings. The van der Waals surface area contributed by atoms with Gasteiger partial charge in [-0.2, -0.15) is 5.26 Å². The van der Waals surface area contributed by atoms with Gasteiger partial charge in [0.1, 0.15) is 6.54 Å². The van der Waals surface area contributed by atoms with E-state index in [0.29, 0.717) is 18.4 Å². The summed E-state index contributed by atoms with van der Waals surface area (Å²) < 4.78 is 4.87. The lowest BCUT2D eigenvalue weighted by Gasteiger charge is -2.07. The third-order valence-corrected chi connectivity index (χ3v) is 2.57. The predicted octanol–water partition coefficient (Wildman–Crippen LogP) is 1.88. The molecule has 0 atom stereocenters. The van der Waals surface area contributed by atoms with E-state index < -0.39 is 5.97 Å². The molecule has 0 fully saturated rings. The van der Waals surface area contributed by atoms with Crippen molar-refractivity contribution in [2.24, 2.45) is 0 Å². The number of nitrogens with one attached hydrogen (secondary N) is 1. The number of carbonyl (C=O) groups excluding carboxylic acids is 2. The minimum atomic E-state index is -0.499. The SMILES string of the molecule is Cc1cc(C)cc(C(=O)NCC(=O)OCCCC#N)c1. The summed E-state index contributed by atoms with van der Waals surface area (Å²) in [6, 6.07) is 7.46. The molecule has 0 aromatic heterocycles. The van der Waals surface area contributed by atoms with Gasteiger partial charge in [0.15, 0.2) is 0 Å². The molecule has 0 radical (unpaired) electrons. The van der Waals surface area contributed by atoms with Crippen molar-refractivity contribution >= 4 is 11.9 Å². The van der Waals surface area contributed by atoms with Gasteiger partial charge in [-0.1, -0.05) is 17.2 Å². The molecule has 1 aromatic carbocycles. The first-order chi connectivity index (χ1) is 9.52. The molecule has 106 valence electrons. The molecule has 0 heterocycles. The Morgan fingerprint density at radius 2 is 1.90 bits per heavy atom. The van der Waals surface area contributed by atoms with Gasteiger partial charge in [0.25, 0.3) is 5.91 Å². The smallest absolute Gasteiger partial charge is 0.325 e. The maximum atomic E-state index is 11.9. The number of nitriles is 1. The predicted molar refractivity (Wildman–Crippen MR) is 74.1 cm³/mol. The maximum Gasteiger partial charge on any atom is 0.325 e.